The smallest absolute Gasteiger partial charge is 0.261 e. The molecule has 1 unspecified atom stereocenters. The second-order valence-corrected chi connectivity index (χ2v) is 9.12. The molecule has 0 saturated carbocycles. The molecule has 1 N–H and O–H groups in total. The van der Waals surface area contributed by atoms with Crippen molar-refractivity contribution in [1.29, 1.82) is 0 Å². The van der Waals surface area contributed by atoms with Crippen molar-refractivity contribution in [2.24, 2.45) is 5.92 Å². The summed E-state index contributed by atoms with van der Waals surface area (Å²) in [5.74, 6) is -0.0666. The van der Waals surface area contributed by atoms with Crippen molar-refractivity contribution in [3.05, 3.63) is 62.1 Å². The van der Waals surface area contributed by atoms with Crippen LogP contribution >= 0.6 is 46.4 Å². The molecule has 5 nitrogen and oxygen atoms in total. The number of benzene rings is 2. The molecular weight excluding hydrogens is 482 g/mol. The van der Waals surface area contributed by atoms with Gasteiger partial charge in [-0.05, 0) is 48.7 Å². The van der Waals surface area contributed by atoms with E-state index in [4.69, 9.17) is 51.1 Å². The number of amides is 2. The van der Waals surface area contributed by atoms with Gasteiger partial charge in [0.25, 0.3) is 5.91 Å². The Bertz CT molecular complexity index is 937. The van der Waals surface area contributed by atoms with Crippen LogP contribution in [-0.4, -0.2) is 35.9 Å². The van der Waals surface area contributed by atoms with Crippen LogP contribution in [0.15, 0.2) is 36.4 Å². The lowest BCUT2D eigenvalue weighted by molar-refractivity contribution is -0.142. The average Bonchev–Trinajstić information content (AvgIpc) is 2.70. The van der Waals surface area contributed by atoms with Gasteiger partial charge in [0.1, 0.15) is 11.8 Å². The summed E-state index contributed by atoms with van der Waals surface area (Å²) < 4.78 is 5.58. The molecule has 2 aromatic rings. The third kappa shape index (κ3) is 7.76. The minimum absolute atomic E-state index is 0.114. The molecule has 0 aliphatic carbocycles. The maximum atomic E-state index is 13.0. The Balaban J connectivity index is 2.20. The van der Waals surface area contributed by atoms with Gasteiger partial charge < -0.3 is 15.0 Å². The molecule has 0 saturated heterocycles. The summed E-state index contributed by atoms with van der Waals surface area (Å²) in [4.78, 5) is 27.1. The molecule has 168 valence electrons. The summed E-state index contributed by atoms with van der Waals surface area (Å²) in [5.41, 5.74) is 0.660. The van der Waals surface area contributed by atoms with Gasteiger partial charge in [-0.25, -0.2) is 0 Å². The van der Waals surface area contributed by atoms with E-state index in [-0.39, 0.29) is 30.0 Å². The molecular formula is C22H24Cl4N2O3. The third-order valence-corrected chi connectivity index (χ3v) is 5.57. The molecule has 2 amide bonds. The normalized spacial score (nSPS) is 11.9. The lowest BCUT2D eigenvalue weighted by atomic mass is 10.1. The zero-order valence-electron chi connectivity index (χ0n) is 17.4. The Labute approximate surface area is 202 Å². The number of hydrogen-bond donors (Lipinski definition) is 1. The highest BCUT2D eigenvalue weighted by Gasteiger charge is 2.27. The maximum Gasteiger partial charge on any atom is 0.261 e. The fraction of sp³-hybridized carbons (Fsp3) is 0.364. The van der Waals surface area contributed by atoms with Gasteiger partial charge in [-0.3, -0.25) is 9.59 Å². The Morgan fingerprint density at radius 1 is 0.968 bits per heavy atom. The number of carbonyl (C=O) groups excluding carboxylic acids is 2. The lowest BCUT2D eigenvalue weighted by Gasteiger charge is -2.29. The van der Waals surface area contributed by atoms with Crippen LogP contribution < -0.4 is 10.1 Å². The van der Waals surface area contributed by atoms with Crippen molar-refractivity contribution < 1.29 is 14.3 Å². The fourth-order valence-corrected chi connectivity index (χ4v) is 3.61. The Kier molecular flexibility index (Phi) is 9.76. The summed E-state index contributed by atoms with van der Waals surface area (Å²) in [6, 6.07) is 8.96. The molecule has 0 aliphatic heterocycles. The van der Waals surface area contributed by atoms with E-state index in [9.17, 15) is 9.59 Å². The molecule has 31 heavy (non-hydrogen) atoms. The van der Waals surface area contributed by atoms with Crippen LogP contribution in [0, 0.1) is 5.92 Å². The highest BCUT2D eigenvalue weighted by molar-refractivity contribution is 6.35. The number of nitrogens with one attached hydrogen (secondary N) is 1. The van der Waals surface area contributed by atoms with Crippen molar-refractivity contribution in [3.63, 3.8) is 0 Å². The molecule has 0 fully saturated rings. The molecule has 0 bridgehead atoms. The van der Waals surface area contributed by atoms with Crippen molar-refractivity contribution in [2.75, 3.05) is 13.2 Å². The van der Waals surface area contributed by atoms with Gasteiger partial charge in [0.15, 0.2) is 6.61 Å². The molecule has 1 atom stereocenters. The molecule has 0 spiro atoms. The Morgan fingerprint density at radius 3 is 2.16 bits per heavy atom. The van der Waals surface area contributed by atoms with Crippen molar-refractivity contribution in [1.82, 2.24) is 10.2 Å². The van der Waals surface area contributed by atoms with Crippen LogP contribution in [-0.2, 0) is 16.1 Å². The largest absolute Gasteiger partial charge is 0.482 e. The van der Waals surface area contributed by atoms with Crippen molar-refractivity contribution >= 4 is 58.2 Å². The van der Waals surface area contributed by atoms with E-state index < -0.39 is 11.9 Å². The van der Waals surface area contributed by atoms with Crippen molar-refractivity contribution in [2.45, 2.75) is 33.4 Å². The summed E-state index contributed by atoms with van der Waals surface area (Å²) in [7, 11) is 0. The quantitative estimate of drug-likeness (QED) is 0.463. The van der Waals surface area contributed by atoms with Crippen LogP contribution in [0.5, 0.6) is 5.75 Å². The molecule has 9 heteroatoms. The predicted molar refractivity (Wildman–Crippen MR) is 126 cm³/mol. The number of ether oxygens (including phenoxy) is 1. The minimum atomic E-state index is -0.748. The summed E-state index contributed by atoms with van der Waals surface area (Å²) in [6.07, 6.45) is 0. The first kappa shape index (κ1) is 25.6. The van der Waals surface area contributed by atoms with Gasteiger partial charge in [0.2, 0.25) is 5.91 Å². The van der Waals surface area contributed by atoms with Crippen LogP contribution in [0.4, 0.5) is 0 Å². The average molecular weight is 506 g/mol. The van der Waals surface area contributed by atoms with E-state index >= 15 is 0 Å². The zero-order valence-corrected chi connectivity index (χ0v) is 20.4. The summed E-state index contributed by atoms with van der Waals surface area (Å²) in [5, 5.41) is 4.48. The monoisotopic (exact) mass is 504 g/mol. The number of halogens is 4. The van der Waals surface area contributed by atoms with E-state index in [0.717, 1.165) is 0 Å². The van der Waals surface area contributed by atoms with Crippen LogP contribution in [0.3, 0.4) is 0 Å². The van der Waals surface area contributed by atoms with Gasteiger partial charge >= 0.3 is 0 Å². The summed E-state index contributed by atoms with van der Waals surface area (Å²) >= 11 is 24.3. The SMILES string of the molecule is CC(C)CNC(=O)C(C)N(Cc1ccc(Cl)cc1Cl)C(=O)COc1ccc(Cl)cc1Cl. The number of rotatable bonds is 9. The highest BCUT2D eigenvalue weighted by Crippen LogP contribution is 2.28. The molecule has 2 aromatic carbocycles. The number of carbonyl (C=O) groups is 2. The first-order valence-electron chi connectivity index (χ1n) is 9.67. The summed E-state index contributed by atoms with van der Waals surface area (Å²) in [6.45, 7) is 5.95. The van der Waals surface area contributed by atoms with E-state index in [2.05, 4.69) is 5.32 Å². The lowest BCUT2D eigenvalue weighted by Crippen LogP contribution is -2.49. The van der Waals surface area contributed by atoms with Crippen LogP contribution in [0.25, 0.3) is 0 Å². The third-order valence-electron chi connectivity index (χ3n) is 4.45. The Morgan fingerprint density at radius 2 is 1.58 bits per heavy atom. The highest BCUT2D eigenvalue weighted by atomic mass is 35.5. The molecule has 0 aromatic heterocycles. The first-order chi connectivity index (χ1) is 14.6. The van der Waals surface area contributed by atoms with Gasteiger partial charge in [-0.1, -0.05) is 66.3 Å². The van der Waals surface area contributed by atoms with E-state index in [1.807, 2.05) is 13.8 Å². The molecule has 0 aliphatic rings. The first-order valence-corrected chi connectivity index (χ1v) is 11.2. The second kappa shape index (κ2) is 11.8. The van der Waals surface area contributed by atoms with Crippen molar-refractivity contribution in [3.8, 4) is 5.75 Å². The van der Waals surface area contributed by atoms with Crippen LogP contribution in [0.1, 0.15) is 26.3 Å². The van der Waals surface area contributed by atoms with Gasteiger partial charge in [-0.2, -0.15) is 0 Å². The van der Waals surface area contributed by atoms with E-state index in [0.29, 0.717) is 32.9 Å². The standard InChI is InChI=1S/C22H24Cl4N2O3/c1-13(2)10-27-22(30)14(3)28(11-15-4-5-16(23)8-18(15)25)21(29)12-31-20-7-6-17(24)9-19(20)26/h4-9,13-14H,10-12H2,1-3H3,(H,27,30). The van der Waals surface area contributed by atoms with Gasteiger partial charge in [0.05, 0.1) is 5.02 Å². The minimum Gasteiger partial charge on any atom is -0.482 e. The van der Waals surface area contributed by atoms with Gasteiger partial charge in [-0.15, -0.1) is 0 Å². The molecule has 0 radical (unpaired) electrons. The molecule has 0 heterocycles. The number of nitrogens with zero attached hydrogens (tertiary/aromatic N) is 1. The fourth-order valence-electron chi connectivity index (χ4n) is 2.68. The predicted octanol–water partition coefficient (Wildman–Crippen LogP) is 5.87. The zero-order chi connectivity index (χ0) is 23.1. The van der Waals surface area contributed by atoms with E-state index in [1.165, 1.54) is 11.0 Å². The Hall–Kier alpha value is -1.66. The van der Waals surface area contributed by atoms with E-state index in [1.54, 1.807) is 37.3 Å². The second-order valence-electron chi connectivity index (χ2n) is 7.44. The topological polar surface area (TPSA) is 58.6 Å². The molecule has 2 rings (SSSR count). The van der Waals surface area contributed by atoms with Gasteiger partial charge in [0, 0.05) is 28.2 Å². The maximum absolute atomic E-state index is 13.0. The van der Waals surface area contributed by atoms with Crippen LogP contribution in [0.2, 0.25) is 20.1 Å². The number of hydrogen-bond acceptors (Lipinski definition) is 3.